The van der Waals surface area contributed by atoms with E-state index in [1.54, 1.807) is 11.8 Å². The summed E-state index contributed by atoms with van der Waals surface area (Å²) in [6.45, 7) is 9.94. The zero-order valence-electron chi connectivity index (χ0n) is 27.8. The van der Waals surface area contributed by atoms with Crippen LogP contribution in [0.1, 0.15) is 68.8 Å². The molecule has 242 valence electrons. The Morgan fingerprint density at radius 1 is 0.935 bits per heavy atom. The summed E-state index contributed by atoms with van der Waals surface area (Å²) in [4.78, 5) is 28.3. The Morgan fingerprint density at radius 2 is 1.63 bits per heavy atom. The minimum Gasteiger partial charge on any atom is -0.497 e. The van der Waals surface area contributed by atoms with Crippen molar-refractivity contribution in [3.8, 4) is 11.4 Å². The summed E-state index contributed by atoms with van der Waals surface area (Å²) < 4.78 is 7.02. The maximum Gasteiger partial charge on any atom is 0.324 e. The molecule has 46 heavy (non-hydrogen) atoms. The molecule has 0 bridgehead atoms. The zero-order valence-corrected chi connectivity index (χ0v) is 27.8. The molecule has 4 aromatic rings. The third-order valence-corrected chi connectivity index (χ3v) is 8.75. The smallest absolute Gasteiger partial charge is 0.324 e. The molecule has 0 spiro atoms. The van der Waals surface area contributed by atoms with Crippen LogP contribution in [0.25, 0.3) is 5.69 Å². The fourth-order valence-electron chi connectivity index (χ4n) is 5.90. The van der Waals surface area contributed by atoms with Gasteiger partial charge >= 0.3 is 6.03 Å². The number of hydrogen-bond donors (Lipinski definition) is 2. The number of likely N-dealkylation sites (tertiary alicyclic amines) is 1. The lowest BCUT2D eigenvalue weighted by Crippen LogP contribution is -2.38. The Bertz CT molecular complexity index is 1610. The Balaban J connectivity index is 1.15. The SMILES string of the molecule is COc1ccc(CCCC(=O)N2CCC(Cc3ccccc3NC(=O)Nc3cc(C(C)(C)C)nn3-c3ccc(C)cc3)CC2)cc1. The lowest BCUT2D eigenvalue weighted by atomic mass is 9.89. The standard InChI is InChI=1S/C38H47N5O3/c1-27-13-17-31(18-14-27)43-35(26-34(41-43)38(2,3)4)40-37(45)39-33-11-7-6-10-30(33)25-29-21-23-42(24-22-29)36(44)12-8-9-28-15-19-32(46-5)20-16-28/h6-7,10-11,13-20,26,29H,8-9,12,21-25H2,1-5H3,(H2,39,40,45). The van der Waals surface area contributed by atoms with Gasteiger partial charge in [0, 0.05) is 36.7 Å². The maximum absolute atomic E-state index is 13.3. The Hall–Kier alpha value is -4.59. The number of methoxy groups -OCH3 is 1. The average molecular weight is 622 g/mol. The summed E-state index contributed by atoms with van der Waals surface area (Å²) in [6, 6.07) is 25.8. The van der Waals surface area contributed by atoms with Crippen molar-refractivity contribution in [1.29, 1.82) is 0 Å². The number of para-hydroxylation sites is 1. The lowest BCUT2D eigenvalue weighted by Gasteiger charge is -2.32. The van der Waals surface area contributed by atoms with E-state index in [1.165, 1.54) is 5.56 Å². The Morgan fingerprint density at radius 3 is 2.30 bits per heavy atom. The van der Waals surface area contributed by atoms with Gasteiger partial charge in [-0.05, 0) is 86.4 Å². The topological polar surface area (TPSA) is 88.5 Å². The summed E-state index contributed by atoms with van der Waals surface area (Å²) in [6.07, 6.45) is 5.06. The molecular weight excluding hydrogens is 574 g/mol. The van der Waals surface area contributed by atoms with Gasteiger partial charge in [-0.1, -0.05) is 68.8 Å². The molecule has 1 saturated heterocycles. The number of carbonyl (C=O) groups excluding carboxylic acids is 2. The van der Waals surface area contributed by atoms with Crippen LogP contribution in [0.2, 0.25) is 0 Å². The van der Waals surface area contributed by atoms with Crippen molar-refractivity contribution >= 4 is 23.4 Å². The molecule has 2 N–H and O–H groups in total. The van der Waals surface area contributed by atoms with Crippen molar-refractivity contribution in [2.24, 2.45) is 5.92 Å². The van der Waals surface area contributed by atoms with Crippen molar-refractivity contribution in [2.45, 2.75) is 71.6 Å². The van der Waals surface area contributed by atoms with Gasteiger partial charge in [-0.2, -0.15) is 5.10 Å². The van der Waals surface area contributed by atoms with Crippen LogP contribution in [0, 0.1) is 12.8 Å². The van der Waals surface area contributed by atoms with Gasteiger partial charge in [-0.25, -0.2) is 9.48 Å². The number of hydrogen-bond acceptors (Lipinski definition) is 4. The molecule has 3 aromatic carbocycles. The number of urea groups is 1. The minimum absolute atomic E-state index is 0.174. The number of rotatable bonds is 10. The number of anilines is 2. The first-order valence-corrected chi connectivity index (χ1v) is 16.3. The highest BCUT2D eigenvalue weighted by molar-refractivity contribution is 6.00. The summed E-state index contributed by atoms with van der Waals surface area (Å²) >= 11 is 0. The van der Waals surface area contributed by atoms with E-state index in [1.807, 2.05) is 72.5 Å². The normalized spacial score (nSPS) is 13.8. The molecule has 1 fully saturated rings. The molecule has 8 heteroatoms. The van der Waals surface area contributed by atoms with Crippen molar-refractivity contribution in [2.75, 3.05) is 30.8 Å². The lowest BCUT2D eigenvalue weighted by molar-refractivity contribution is -0.132. The first-order chi connectivity index (χ1) is 22.1. The molecule has 2 heterocycles. The van der Waals surface area contributed by atoms with Crippen molar-refractivity contribution in [3.05, 3.63) is 101 Å². The van der Waals surface area contributed by atoms with Crippen LogP contribution in [-0.2, 0) is 23.1 Å². The molecule has 5 rings (SSSR count). The van der Waals surface area contributed by atoms with E-state index in [0.29, 0.717) is 18.2 Å². The number of nitrogens with zero attached hydrogens (tertiary/aromatic N) is 3. The third kappa shape index (κ3) is 8.56. The van der Waals surface area contributed by atoms with Gasteiger partial charge < -0.3 is 15.0 Å². The van der Waals surface area contributed by atoms with Crippen LogP contribution in [0.3, 0.4) is 0 Å². The van der Waals surface area contributed by atoms with Crippen LogP contribution in [0.4, 0.5) is 16.3 Å². The van der Waals surface area contributed by atoms with Gasteiger partial charge in [0.2, 0.25) is 5.91 Å². The van der Waals surface area contributed by atoms with E-state index < -0.39 is 0 Å². The first-order valence-electron chi connectivity index (χ1n) is 16.3. The van der Waals surface area contributed by atoms with Gasteiger partial charge in [0.05, 0.1) is 18.5 Å². The molecule has 3 amide bonds. The highest BCUT2D eigenvalue weighted by Gasteiger charge is 2.24. The number of aromatic nitrogens is 2. The number of ether oxygens (including phenoxy) is 1. The molecule has 1 aliphatic rings. The molecule has 0 aliphatic carbocycles. The second kappa shape index (κ2) is 14.7. The summed E-state index contributed by atoms with van der Waals surface area (Å²) in [7, 11) is 1.67. The highest BCUT2D eigenvalue weighted by atomic mass is 16.5. The van der Waals surface area contributed by atoms with Gasteiger partial charge in [-0.3, -0.25) is 10.1 Å². The van der Waals surface area contributed by atoms with Gasteiger partial charge in [-0.15, -0.1) is 0 Å². The second-order valence-corrected chi connectivity index (χ2v) is 13.4. The summed E-state index contributed by atoms with van der Waals surface area (Å²) in [5.41, 5.74) is 5.89. The highest BCUT2D eigenvalue weighted by Crippen LogP contribution is 2.29. The molecule has 0 atom stereocenters. The molecule has 0 unspecified atom stereocenters. The van der Waals surface area contributed by atoms with Gasteiger partial charge in [0.1, 0.15) is 11.6 Å². The molecule has 0 radical (unpaired) electrons. The zero-order chi connectivity index (χ0) is 32.7. The number of benzene rings is 3. The van der Waals surface area contributed by atoms with Crippen molar-refractivity contribution in [3.63, 3.8) is 0 Å². The van der Waals surface area contributed by atoms with E-state index in [0.717, 1.165) is 79.1 Å². The third-order valence-electron chi connectivity index (χ3n) is 8.75. The predicted molar refractivity (Wildman–Crippen MR) is 185 cm³/mol. The fourth-order valence-corrected chi connectivity index (χ4v) is 5.90. The number of carbonyl (C=O) groups is 2. The predicted octanol–water partition coefficient (Wildman–Crippen LogP) is 7.93. The van der Waals surface area contributed by atoms with E-state index >= 15 is 0 Å². The van der Waals surface area contributed by atoms with Gasteiger partial charge in [0.15, 0.2) is 0 Å². The number of aryl methyl sites for hydroxylation is 2. The Labute approximate surface area is 273 Å². The maximum atomic E-state index is 13.3. The Kier molecular flexibility index (Phi) is 10.5. The summed E-state index contributed by atoms with van der Waals surface area (Å²) in [5.74, 6) is 2.16. The van der Waals surface area contributed by atoms with E-state index in [9.17, 15) is 9.59 Å². The molecule has 8 nitrogen and oxygen atoms in total. The first kappa shape index (κ1) is 32.8. The van der Waals surface area contributed by atoms with E-state index in [4.69, 9.17) is 9.84 Å². The van der Waals surface area contributed by atoms with Crippen LogP contribution in [0.5, 0.6) is 5.75 Å². The van der Waals surface area contributed by atoms with Crippen LogP contribution < -0.4 is 15.4 Å². The molecule has 0 saturated carbocycles. The van der Waals surface area contributed by atoms with Gasteiger partial charge in [0.25, 0.3) is 0 Å². The average Bonchev–Trinajstić information content (AvgIpc) is 3.47. The fraction of sp³-hybridized carbons (Fsp3) is 0.395. The summed E-state index contributed by atoms with van der Waals surface area (Å²) in [5, 5.41) is 11.0. The molecule has 1 aliphatic heterocycles. The van der Waals surface area contributed by atoms with E-state index in [2.05, 4.69) is 49.6 Å². The number of amides is 3. The molecule has 1 aromatic heterocycles. The van der Waals surface area contributed by atoms with Crippen molar-refractivity contribution in [1.82, 2.24) is 14.7 Å². The monoisotopic (exact) mass is 621 g/mol. The van der Waals surface area contributed by atoms with Crippen LogP contribution >= 0.6 is 0 Å². The van der Waals surface area contributed by atoms with Crippen LogP contribution in [-0.4, -0.2) is 46.8 Å². The number of nitrogens with one attached hydrogen (secondary N) is 2. The largest absolute Gasteiger partial charge is 0.497 e. The molecular formula is C38H47N5O3. The quantitative estimate of drug-likeness (QED) is 0.188. The number of piperidine rings is 1. The van der Waals surface area contributed by atoms with Crippen molar-refractivity contribution < 1.29 is 14.3 Å². The second-order valence-electron chi connectivity index (χ2n) is 13.4. The van der Waals surface area contributed by atoms with E-state index in [-0.39, 0.29) is 17.4 Å². The van der Waals surface area contributed by atoms with Crippen LogP contribution in [0.15, 0.2) is 78.9 Å². The minimum atomic E-state index is -0.309.